The van der Waals surface area contributed by atoms with Crippen LogP contribution in [0.1, 0.15) is 45.4 Å². The molecule has 5 heteroatoms. The Balaban J connectivity index is 0. The number of hydrogen-bond acceptors (Lipinski definition) is 4. The number of hydrogen-bond donors (Lipinski definition) is 1. The maximum atomic E-state index is 10.9. The summed E-state index contributed by atoms with van der Waals surface area (Å²) in [4.78, 5) is 21.5. The van der Waals surface area contributed by atoms with Crippen LogP contribution < -0.4 is 5.73 Å². The van der Waals surface area contributed by atoms with Crippen molar-refractivity contribution in [1.29, 1.82) is 0 Å². The lowest BCUT2D eigenvalue weighted by Crippen LogP contribution is -2.20. The van der Waals surface area contributed by atoms with Crippen LogP contribution in [0.25, 0.3) is 0 Å². The van der Waals surface area contributed by atoms with Crippen molar-refractivity contribution in [3.05, 3.63) is 0 Å². The van der Waals surface area contributed by atoms with Crippen LogP contribution in [0.4, 0.5) is 0 Å². The van der Waals surface area contributed by atoms with Gasteiger partial charge in [-0.15, -0.1) is 0 Å². The van der Waals surface area contributed by atoms with Gasteiger partial charge in [0.05, 0.1) is 6.54 Å². The first kappa shape index (κ1) is 17.0. The first-order valence-electron chi connectivity index (χ1n) is 5.14. The lowest BCUT2D eigenvalue weighted by Gasteiger charge is -2.01. The smallest absolute Gasteiger partial charge is 0.327 e. The van der Waals surface area contributed by atoms with Crippen molar-refractivity contribution < 1.29 is 14.3 Å². The number of rotatable bonds is 7. The fourth-order valence-corrected chi connectivity index (χ4v) is 1.09. The third-order valence-corrected chi connectivity index (χ3v) is 1.88. The number of nitrogens with two attached hydrogens (primary N) is 1. The van der Waals surface area contributed by atoms with Gasteiger partial charge in [0, 0.05) is 6.42 Å². The molecule has 88 valence electrons. The minimum absolute atomic E-state index is 0. The molecule has 4 nitrogen and oxygen atoms in total. The molecule has 0 aliphatic rings. The van der Waals surface area contributed by atoms with Gasteiger partial charge in [-0.05, 0) is 6.42 Å². The zero-order valence-electron chi connectivity index (χ0n) is 8.75. The van der Waals surface area contributed by atoms with Crippen LogP contribution in [0.15, 0.2) is 0 Å². The SMILES string of the molecule is CCCCCCCC(=O)OC(=O)CN.[AlH3]. The highest BCUT2D eigenvalue weighted by Crippen LogP contribution is 2.05. The Morgan fingerprint density at radius 3 is 2.20 bits per heavy atom. The van der Waals surface area contributed by atoms with Crippen molar-refractivity contribution in [1.82, 2.24) is 0 Å². The summed E-state index contributed by atoms with van der Waals surface area (Å²) in [5.74, 6) is -1.11. The largest absolute Gasteiger partial charge is 0.392 e. The lowest BCUT2D eigenvalue weighted by molar-refractivity contribution is -0.158. The summed E-state index contributed by atoms with van der Waals surface area (Å²) in [6, 6.07) is 0. The zero-order chi connectivity index (χ0) is 10.8. The van der Waals surface area contributed by atoms with E-state index in [-0.39, 0.29) is 23.9 Å². The molecule has 0 radical (unpaired) electrons. The Bertz CT molecular complexity index is 186. The van der Waals surface area contributed by atoms with E-state index in [0.717, 1.165) is 19.3 Å². The Morgan fingerprint density at radius 1 is 1.07 bits per heavy atom. The molecular formula is C10H22AlNO3. The van der Waals surface area contributed by atoms with Crippen molar-refractivity contribution in [2.24, 2.45) is 5.73 Å². The summed E-state index contributed by atoms with van der Waals surface area (Å²) in [5.41, 5.74) is 4.99. The molecule has 0 rings (SSSR count). The van der Waals surface area contributed by atoms with E-state index in [1.165, 1.54) is 12.8 Å². The van der Waals surface area contributed by atoms with E-state index < -0.39 is 11.9 Å². The van der Waals surface area contributed by atoms with E-state index >= 15 is 0 Å². The van der Waals surface area contributed by atoms with E-state index in [4.69, 9.17) is 5.73 Å². The van der Waals surface area contributed by atoms with E-state index in [1.54, 1.807) is 0 Å². The van der Waals surface area contributed by atoms with Gasteiger partial charge in [-0.3, -0.25) is 9.59 Å². The molecule has 0 aliphatic carbocycles. The number of ether oxygens (including phenoxy) is 1. The molecule has 15 heavy (non-hydrogen) atoms. The molecule has 0 saturated heterocycles. The fraction of sp³-hybridized carbons (Fsp3) is 0.800. The molecule has 0 aromatic heterocycles. The average Bonchev–Trinajstić information content (AvgIpc) is 2.17. The van der Waals surface area contributed by atoms with E-state index in [9.17, 15) is 9.59 Å². The molecule has 0 heterocycles. The quantitative estimate of drug-likeness (QED) is 0.294. The molecule has 0 atom stereocenters. The summed E-state index contributed by atoms with van der Waals surface area (Å²) >= 11 is 0. The number of esters is 2. The summed E-state index contributed by atoms with van der Waals surface area (Å²) in [7, 11) is 0. The standard InChI is InChI=1S/C10H19NO3.Al.3H/c1-2-3-4-5-6-7-9(12)14-10(13)8-11;;;;/h2-8,11H2,1H3;;;;. The third-order valence-electron chi connectivity index (χ3n) is 1.88. The Kier molecular flexibility index (Phi) is 13.3. The van der Waals surface area contributed by atoms with Crippen LogP contribution in [0, 0.1) is 0 Å². The molecule has 0 fully saturated rings. The van der Waals surface area contributed by atoms with Gasteiger partial charge in [-0.25, -0.2) is 0 Å². The minimum Gasteiger partial charge on any atom is -0.392 e. The summed E-state index contributed by atoms with van der Waals surface area (Å²) in [6.07, 6.45) is 5.62. The molecule has 0 aliphatic heterocycles. The number of unbranched alkanes of at least 4 members (excludes halogenated alkanes) is 4. The minimum atomic E-state index is -0.649. The fourth-order valence-electron chi connectivity index (χ4n) is 1.09. The normalized spacial score (nSPS) is 9.20. The predicted molar refractivity (Wildman–Crippen MR) is 63.5 cm³/mol. The van der Waals surface area contributed by atoms with Crippen molar-refractivity contribution in [3.8, 4) is 0 Å². The van der Waals surface area contributed by atoms with Crippen LogP contribution in [0.5, 0.6) is 0 Å². The highest BCUT2D eigenvalue weighted by molar-refractivity contribution is 5.86. The summed E-state index contributed by atoms with van der Waals surface area (Å²) in [5, 5.41) is 0. The van der Waals surface area contributed by atoms with Crippen molar-refractivity contribution in [3.63, 3.8) is 0 Å². The van der Waals surface area contributed by atoms with Gasteiger partial charge >= 0.3 is 11.9 Å². The van der Waals surface area contributed by atoms with Crippen molar-refractivity contribution >= 4 is 29.3 Å². The molecule has 0 unspecified atom stereocenters. The van der Waals surface area contributed by atoms with Gasteiger partial charge in [-0.1, -0.05) is 32.6 Å². The Hall–Kier alpha value is -0.368. The van der Waals surface area contributed by atoms with Gasteiger partial charge in [0.1, 0.15) is 0 Å². The molecule has 0 amide bonds. The van der Waals surface area contributed by atoms with Gasteiger partial charge in [0.15, 0.2) is 17.4 Å². The first-order chi connectivity index (χ1) is 6.70. The van der Waals surface area contributed by atoms with Gasteiger partial charge in [-0.2, -0.15) is 0 Å². The number of carbonyl (C=O) groups is 2. The second-order valence-corrected chi connectivity index (χ2v) is 3.21. The van der Waals surface area contributed by atoms with Crippen LogP contribution >= 0.6 is 0 Å². The van der Waals surface area contributed by atoms with Crippen molar-refractivity contribution in [2.45, 2.75) is 45.4 Å². The first-order valence-corrected chi connectivity index (χ1v) is 5.14. The molecule has 0 spiro atoms. The maximum Gasteiger partial charge on any atom is 0.327 e. The van der Waals surface area contributed by atoms with Crippen LogP contribution in [0.3, 0.4) is 0 Å². The highest BCUT2D eigenvalue weighted by Gasteiger charge is 2.07. The predicted octanol–water partition coefficient (Wildman–Crippen LogP) is 0.191. The monoisotopic (exact) mass is 231 g/mol. The van der Waals surface area contributed by atoms with Crippen LogP contribution in [-0.2, 0) is 14.3 Å². The molecule has 2 N–H and O–H groups in total. The summed E-state index contributed by atoms with van der Waals surface area (Å²) < 4.78 is 4.40. The van der Waals surface area contributed by atoms with Crippen molar-refractivity contribution in [2.75, 3.05) is 6.54 Å². The van der Waals surface area contributed by atoms with Gasteiger partial charge < -0.3 is 10.5 Å². The molecular weight excluding hydrogens is 209 g/mol. The molecule has 0 aromatic rings. The second-order valence-electron chi connectivity index (χ2n) is 3.21. The van der Waals surface area contributed by atoms with E-state index in [2.05, 4.69) is 11.7 Å². The second kappa shape index (κ2) is 11.7. The molecule has 0 aromatic carbocycles. The lowest BCUT2D eigenvalue weighted by atomic mass is 10.1. The highest BCUT2D eigenvalue weighted by atomic mass is 27.0. The Morgan fingerprint density at radius 2 is 1.67 bits per heavy atom. The zero-order valence-corrected chi connectivity index (χ0v) is 8.75. The van der Waals surface area contributed by atoms with E-state index in [1.807, 2.05) is 0 Å². The maximum absolute atomic E-state index is 10.9. The Labute approximate surface area is 102 Å². The van der Waals surface area contributed by atoms with Crippen LogP contribution in [-0.4, -0.2) is 35.8 Å². The van der Waals surface area contributed by atoms with Gasteiger partial charge in [0.2, 0.25) is 0 Å². The summed E-state index contributed by atoms with van der Waals surface area (Å²) in [6.45, 7) is 1.90. The van der Waals surface area contributed by atoms with Crippen LogP contribution in [0.2, 0.25) is 0 Å². The van der Waals surface area contributed by atoms with Gasteiger partial charge in [0.25, 0.3) is 0 Å². The topological polar surface area (TPSA) is 69.4 Å². The van der Waals surface area contributed by atoms with E-state index in [0.29, 0.717) is 6.42 Å². The molecule has 0 saturated carbocycles. The third kappa shape index (κ3) is 11.6. The number of carbonyl (C=O) groups excluding carboxylic acids is 2. The molecule has 0 bridgehead atoms. The average molecular weight is 231 g/mol.